The van der Waals surface area contributed by atoms with Crippen LogP contribution in [0.2, 0.25) is 0 Å². The lowest BCUT2D eigenvalue weighted by Crippen LogP contribution is -2.26. The number of carboxylic acid groups (broad SMARTS) is 1. The first-order valence-corrected chi connectivity index (χ1v) is 4.82. The first-order valence-electron chi connectivity index (χ1n) is 4.82. The molecule has 0 radical (unpaired) electrons. The summed E-state index contributed by atoms with van der Waals surface area (Å²) in [6.07, 6.45) is -1.02. The molecule has 92 valence electrons. The van der Waals surface area contributed by atoms with E-state index in [4.69, 9.17) is 14.9 Å². The van der Waals surface area contributed by atoms with E-state index in [0.717, 1.165) is 6.07 Å². The molecule has 0 spiro atoms. The lowest BCUT2D eigenvalue weighted by Gasteiger charge is -2.13. The van der Waals surface area contributed by atoms with Crippen molar-refractivity contribution >= 4 is 11.9 Å². The molecule has 1 rings (SSSR count). The predicted molar refractivity (Wildman–Crippen MR) is 54.1 cm³/mol. The normalized spacial score (nSPS) is 10.3. The minimum absolute atomic E-state index is 0.0126. The molecule has 0 amide bonds. The van der Waals surface area contributed by atoms with Crippen molar-refractivity contribution in [2.75, 3.05) is 13.2 Å². The van der Waals surface area contributed by atoms with Gasteiger partial charge >= 0.3 is 5.97 Å². The second kappa shape index (κ2) is 5.97. The number of benzene rings is 1. The molecule has 1 aromatic carbocycles. The molecule has 0 aliphatic heterocycles. The van der Waals surface area contributed by atoms with Crippen molar-refractivity contribution in [3.63, 3.8) is 0 Å². The Bertz CT molecular complexity index is 410. The summed E-state index contributed by atoms with van der Waals surface area (Å²) in [4.78, 5) is 22.1. The largest absolute Gasteiger partial charge is 0.545 e. The standard InChI is InChI=1S/C11H12O6/c12-5-9(6-13)17-11(16)8-3-1-2-7(4-8)10(14)15/h1-4,9,12-13H,5-6H2,(H,14,15)/p-1. The Morgan fingerprint density at radius 2 is 1.82 bits per heavy atom. The van der Waals surface area contributed by atoms with Crippen LogP contribution in [0.1, 0.15) is 20.7 Å². The highest BCUT2D eigenvalue weighted by Crippen LogP contribution is 2.07. The minimum Gasteiger partial charge on any atom is -0.545 e. The highest BCUT2D eigenvalue weighted by atomic mass is 16.6. The number of ether oxygens (including phenoxy) is 1. The van der Waals surface area contributed by atoms with E-state index in [2.05, 4.69) is 0 Å². The number of aliphatic hydroxyl groups excluding tert-OH is 2. The minimum atomic E-state index is -1.40. The van der Waals surface area contributed by atoms with E-state index in [-0.39, 0.29) is 11.1 Å². The number of carbonyl (C=O) groups excluding carboxylic acids is 2. The molecule has 6 nitrogen and oxygen atoms in total. The summed E-state index contributed by atoms with van der Waals surface area (Å²) < 4.78 is 4.72. The Kier molecular flexibility index (Phi) is 4.62. The van der Waals surface area contributed by atoms with Gasteiger partial charge in [-0.3, -0.25) is 0 Å². The van der Waals surface area contributed by atoms with E-state index in [1.165, 1.54) is 18.2 Å². The molecule has 0 saturated heterocycles. The fraction of sp³-hybridized carbons (Fsp3) is 0.273. The topological polar surface area (TPSA) is 107 Å². The number of aromatic carboxylic acids is 1. The van der Waals surface area contributed by atoms with Crippen LogP contribution in [0, 0.1) is 0 Å². The van der Waals surface area contributed by atoms with Gasteiger partial charge in [0.1, 0.15) is 6.10 Å². The Morgan fingerprint density at radius 3 is 2.35 bits per heavy atom. The average molecular weight is 239 g/mol. The van der Waals surface area contributed by atoms with Crippen molar-refractivity contribution in [1.29, 1.82) is 0 Å². The van der Waals surface area contributed by atoms with Crippen LogP contribution in [0.5, 0.6) is 0 Å². The van der Waals surface area contributed by atoms with Crippen molar-refractivity contribution < 1.29 is 29.6 Å². The van der Waals surface area contributed by atoms with Crippen LogP contribution in [0.3, 0.4) is 0 Å². The third-order valence-electron chi connectivity index (χ3n) is 2.01. The van der Waals surface area contributed by atoms with Gasteiger partial charge in [-0.15, -0.1) is 0 Å². The van der Waals surface area contributed by atoms with Crippen LogP contribution >= 0.6 is 0 Å². The fourth-order valence-electron chi connectivity index (χ4n) is 1.12. The fourth-order valence-corrected chi connectivity index (χ4v) is 1.12. The molecule has 0 unspecified atom stereocenters. The van der Waals surface area contributed by atoms with Gasteiger partial charge in [0, 0.05) is 0 Å². The van der Waals surface area contributed by atoms with Crippen molar-refractivity contribution in [3.8, 4) is 0 Å². The van der Waals surface area contributed by atoms with E-state index >= 15 is 0 Å². The van der Waals surface area contributed by atoms with Crippen LogP contribution in [-0.4, -0.2) is 41.5 Å². The summed E-state index contributed by atoms with van der Waals surface area (Å²) in [6, 6.07) is 5.11. The summed E-state index contributed by atoms with van der Waals surface area (Å²) >= 11 is 0. The van der Waals surface area contributed by atoms with Gasteiger partial charge in [-0.25, -0.2) is 4.79 Å². The van der Waals surface area contributed by atoms with Gasteiger partial charge in [-0.2, -0.15) is 0 Å². The predicted octanol–water partition coefficient (Wildman–Crippen LogP) is -1.44. The molecule has 0 aliphatic rings. The van der Waals surface area contributed by atoms with Gasteiger partial charge in [0.15, 0.2) is 0 Å². The summed E-state index contributed by atoms with van der Waals surface area (Å²) in [7, 11) is 0. The van der Waals surface area contributed by atoms with Gasteiger partial charge < -0.3 is 24.9 Å². The number of rotatable bonds is 5. The second-order valence-corrected chi connectivity index (χ2v) is 3.26. The zero-order valence-electron chi connectivity index (χ0n) is 8.83. The van der Waals surface area contributed by atoms with Crippen LogP contribution in [0.4, 0.5) is 0 Å². The van der Waals surface area contributed by atoms with E-state index in [9.17, 15) is 14.7 Å². The molecule has 0 aromatic heterocycles. The van der Waals surface area contributed by atoms with Crippen LogP contribution in [0.25, 0.3) is 0 Å². The van der Waals surface area contributed by atoms with Gasteiger partial charge in [0.25, 0.3) is 0 Å². The van der Waals surface area contributed by atoms with Crippen LogP contribution in [0.15, 0.2) is 24.3 Å². The SMILES string of the molecule is O=C([O-])c1cccc(C(=O)OC(CO)CO)c1. The Balaban J connectivity index is 2.82. The van der Waals surface area contributed by atoms with Crippen molar-refractivity contribution in [3.05, 3.63) is 35.4 Å². The number of carboxylic acids is 1. The highest BCUT2D eigenvalue weighted by Gasteiger charge is 2.14. The van der Waals surface area contributed by atoms with Gasteiger partial charge in [-0.1, -0.05) is 12.1 Å². The highest BCUT2D eigenvalue weighted by molar-refractivity contribution is 5.93. The maximum absolute atomic E-state index is 11.5. The summed E-state index contributed by atoms with van der Waals surface area (Å²) in [5.41, 5.74) is -0.136. The molecule has 1 aromatic rings. The molecule has 0 fully saturated rings. The Labute approximate surface area is 97.1 Å². The van der Waals surface area contributed by atoms with Gasteiger partial charge in [0.2, 0.25) is 0 Å². The number of carbonyl (C=O) groups is 2. The quantitative estimate of drug-likeness (QED) is 0.609. The van der Waals surface area contributed by atoms with E-state index in [0.29, 0.717) is 0 Å². The smallest absolute Gasteiger partial charge is 0.338 e. The van der Waals surface area contributed by atoms with Gasteiger partial charge in [-0.05, 0) is 17.7 Å². The lowest BCUT2D eigenvalue weighted by molar-refractivity contribution is -0.255. The number of hydrogen-bond donors (Lipinski definition) is 2. The third kappa shape index (κ3) is 3.54. The molecule has 0 heterocycles. The summed E-state index contributed by atoms with van der Waals surface area (Å²) in [5.74, 6) is -2.22. The van der Waals surface area contributed by atoms with Crippen molar-refractivity contribution in [2.45, 2.75) is 6.10 Å². The second-order valence-electron chi connectivity index (χ2n) is 3.26. The van der Waals surface area contributed by atoms with E-state index in [1.807, 2.05) is 0 Å². The maximum atomic E-state index is 11.5. The average Bonchev–Trinajstić information content (AvgIpc) is 2.35. The molecule has 17 heavy (non-hydrogen) atoms. The number of esters is 1. The monoisotopic (exact) mass is 239 g/mol. The zero-order valence-corrected chi connectivity index (χ0v) is 8.83. The first-order chi connectivity index (χ1) is 8.08. The van der Waals surface area contributed by atoms with Crippen molar-refractivity contribution in [2.24, 2.45) is 0 Å². The molecule has 0 saturated carbocycles. The maximum Gasteiger partial charge on any atom is 0.338 e. The zero-order chi connectivity index (χ0) is 12.8. The summed E-state index contributed by atoms with van der Waals surface area (Å²) in [6.45, 7) is -1.02. The van der Waals surface area contributed by atoms with Crippen LogP contribution < -0.4 is 5.11 Å². The molecular formula is C11H11O6-. The number of aliphatic hydroxyl groups is 2. The molecular weight excluding hydrogens is 228 g/mol. The Hall–Kier alpha value is -1.92. The summed E-state index contributed by atoms with van der Waals surface area (Å²) in [5, 5.41) is 28.0. The van der Waals surface area contributed by atoms with E-state index < -0.39 is 31.3 Å². The Morgan fingerprint density at radius 1 is 1.24 bits per heavy atom. The molecule has 0 atom stereocenters. The lowest BCUT2D eigenvalue weighted by atomic mass is 10.1. The molecule has 2 N–H and O–H groups in total. The molecule has 6 heteroatoms. The number of hydrogen-bond acceptors (Lipinski definition) is 6. The van der Waals surface area contributed by atoms with E-state index in [1.54, 1.807) is 0 Å². The third-order valence-corrected chi connectivity index (χ3v) is 2.01. The molecule has 0 aliphatic carbocycles. The van der Waals surface area contributed by atoms with Crippen molar-refractivity contribution in [1.82, 2.24) is 0 Å². The van der Waals surface area contributed by atoms with Crippen LogP contribution in [-0.2, 0) is 4.74 Å². The first kappa shape index (κ1) is 13.1. The van der Waals surface area contributed by atoms with Gasteiger partial charge in [0.05, 0.1) is 24.7 Å². The molecule has 0 bridgehead atoms.